The van der Waals surface area contributed by atoms with Gasteiger partial charge in [-0.2, -0.15) is 0 Å². The zero-order chi connectivity index (χ0) is 9.73. The number of aliphatic hydroxyl groups is 1. The Labute approximate surface area is 79.1 Å². The van der Waals surface area contributed by atoms with Crippen LogP contribution in [0.4, 0.5) is 0 Å². The van der Waals surface area contributed by atoms with Crippen molar-refractivity contribution >= 4 is 6.29 Å². The molecule has 3 heteroatoms. The summed E-state index contributed by atoms with van der Waals surface area (Å²) in [6.45, 7) is 3.40. The highest BCUT2D eigenvalue weighted by Gasteiger charge is 2.36. The van der Waals surface area contributed by atoms with Crippen LogP contribution in [-0.2, 0) is 9.53 Å². The van der Waals surface area contributed by atoms with Crippen molar-refractivity contribution in [3.8, 4) is 0 Å². The quantitative estimate of drug-likeness (QED) is 0.669. The van der Waals surface area contributed by atoms with Crippen LogP contribution in [0, 0.1) is 11.3 Å². The SMILES string of the molecule is CC(CO)C1(C=O)CCCOCC1. The van der Waals surface area contributed by atoms with E-state index in [9.17, 15) is 4.79 Å². The lowest BCUT2D eigenvalue weighted by molar-refractivity contribution is -0.120. The first-order valence-corrected chi connectivity index (χ1v) is 4.90. The molecule has 1 rings (SSSR count). The zero-order valence-corrected chi connectivity index (χ0v) is 8.16. The molecule has 3 nitrogen and oxygen atoms in total. The van der Waals surface area contributed by atoms with Crippen molar-refractivity contribution in [1.29, 1.82) is 0 Å². The van der Waals surface area contributed by atoms with Crippen LogP contribution < -0.4 is 0 Å². The molecule has 1 aliphatic rings. The Morgan fingerprint density at radius 3 is 2.92 bits per heavy atom. The van der Waals surface area contributed by atoms with Crippen molar-refractivity contribution in [3.63, 3.8) is 0 Å². The number of aliphatic hydroxyl groups excluding tert-OH is 1. The summed E-state index contributed by atoms with van der Waals surface area (Å²) in [5.74, 6) is 0.0479. The average Bonchev–Trinajstić information content (AvgIpc) is 2.42. The van der Waals surface area contributed by atoms with Crippen molar-refractivity contribution in [2.45, 2.75) is 26.2 Å². The molecule has 0 aromatic carbocycles. The zero-order valence-electron chi connectivity index (χ0n) is 8.16. The first-order chi connectivity index (χ1) is 6.25. The minimum atomic E-state index is -0.342. The minimum Gasteiger partial charge on any atom is -0.396 e. The second-order valence-electron chi connectivity index (χ2n) is 3.90. The van der Waals surface area contributed by atoms with E-state index in [0.717, 1.165) is 32.2 Å². The normalized spacial score (nSPS) is 32.2. The summed E-state index contributed by atoms with van der Waals surface area (Å²) in [5, 5.41) is 9.08. The second kappa shape index (κ2) is 4.72. The molecule has 0 saturated carbocycles. The molecule has 1 saturated heterocycles. The maximum Gasteiger partial charge on any atom is 0.126 e. The van der Waals surface area contributed by atoms with Crippen molar-refractivity contribution in [3.05, 3.63) is 0 Å². The van der Waals surface area contributed by atoms with E-state index in [1.165, 1.54) is 0 Å². The molecule has 0 aromatic heterocycles. The van der Waals surface area contributed by atoms with E-state index in [1.54, 1.807) is 0 Å². The number of ether oxygens (including phenoxy) is 1. The Kier molecular flexibility index (Phi) is 3.88. The molecule has 1 aliphatic heterocycles. The Hall–Kier alpha value is -0.410. The highest BCUT2D eigenvalue weighted by molar-refractivity contribution is 5.60. The Morgan fingerprint density at radius 1 is 1.54 bits per heavy atom. The van der Waals surface area contributed by atoms with Crippen LogP contribution >= 0.6 is 0 Å². The largest absolute Gasteiger partial charge is 0.396 e. The van der Waals surface area contributed by atoms with Crippen molar-refractivity contribution in [2.75, 3.05) is 19.8 Å². The Bertz CT molecular complexity index is 160. The van der Waals surface area contributed by atoms with E-state index in [1.807, 2.05) is 6.92 Å². The third-order valence-corrected chi connectivity index (χ3v) is 3.13. The summed E-state index contributed by atoms with van der Waals surface area (Å²) in [4.78, 5) is 11.1. The molecule has 0 aromatic rings. The topological polar surface area (TPSA) is 46.5 Å². The maximum absolute atomic E-state index is 11.1. The number of aldehydes is 1. The summed E-state index contributed by atoms with van der Waals surface area (Å²) in [5.41, 5.74) is -0.342. The van der Waals surface area contributed by atoms with Gasteiger partial charge in [0.15, 0.2) is 0 Å². The fourth-order valence-electron chi connectivity index (χ4n) is 1.90. The van der Waals surface area contributed by atoms with Crippen LogP contribution in [0.1, 0.15) is 26.2 Å². The van der Waals surface area contributed by atoms with E-state index < -0.39 is 0 Å². The molecule has 2 atom stereocenters. The molecule has 1 fully saturated rings. The fraction of sp³-hybridized carbons (Fsp3) is 0.900. The molecule has 76 valence electrons. The molecular weight excluding hydrogens is 168 g/mol. The van der Waals surface area contributed by atoms with Gasteiger partial charge in [0.2, 0.25) is 0 Å². The fourth-order valence-corrected chi connectivity index (χ4v) is 1.90. The number of carbonyl (C=O) groups is 1. The van der Waals surface area contributed by atoms with Gasteiger partial charge in [0.25, 0.3) is 0 Å². The predicted octanol–water partition coefficient (Wildman–Crippen LogP) is 1.00. The van der Waals surface area contributed by atoms with Crippen LogP contribution in [0.25, 0.3) is 0 Å². The van der Waals surface area contributed by atoms with E-state index in [4.69, 9.17) is 9.84 Å². The van der Waals surface area contributed by atoms with Gasteiger partial charge >= 0.3 is 0 Å². The third-order valence-electron chi connectivity index (χ3n) is 3.13. The van der Waals surface area contributed by atoms with Gasteiger partial charge in [-0.15, -0.1) is 0 Å². The Balaban J connectivity index is 2.69. The van der Waals surface area contributed by atoms with Gasteiger partial charge in [-0.3, -0.25) is 0 Å². The molecule has 0 bridgehead atoms. The molecule has 0 aliphatic carbocycles. The molecule has 1 heterocycles. The molecule has 13 heavy (non-hydrogen) atoms. The first kappa shape index (κ1) is 10.7. The molecular formula is C10H18O3. The van der Waals surface area contributed by atoms with E-state index in [2.05, 4.69) is 0 Å². The minimum absolute atomic E-state index is 0.0479. The van der Waals surface area contributed by atoms with Crippen molar-refractivity contribution < 1.29 is 14.6 Å². The summed E-state index contributed by atoms with van der Waals surface area (Å²) < 4.78 is 5.31. The number of carbonyl (C=O) groups excluding carboxylic acids is 1. The van der Waals surface area contributed by atoms with Crippen molar-refractivity contribution in [2.24, 2.45) is 11.3 Å². The van der Waals surface area contributed by atoms with Gasteiger partial charge in [-0.25, -0.2) is 0 Å². The van der Waals surface area contributed by atoms with Gasteiger partial charge < -0.3 is 14.6 Å². The van der Waals surface area contributed by atoms with Gasteiger partial charge in [0.05, 0.1) is 0 Å². The average molecular weight is 186 g/mol. The molecule has 2 unspecified atom stereocenters. The molecule has 0 amide bonds. The van der Waals surface area contributed by atoms with Crippen LogP contribution in [0.15, 0.2) is 0 Å². The van der Waals surface area contributed by atoms with E-state index >= 15 is 0 Å². The van der Waals surface area contributed by atoms with Gasteiger partial charge in [-0.1, -0.05) is 6.92 Å². The van der Waals surface area contributed by atoms with Crippen LogP contribution in [-0.4, -0.2) is 31.2 Å². The number of rotatable bonds is 3. The first-order valence-electron chi connectivity index (χ1n) is 4.90. The third kappa shape index (κ3) is 2.29. The maximum atomic E-state index is 11.1. The van der Waals surface area contributed by atoms with E-state index in [0.29, 0.717) is 6.61 Å². The summed E-state index contributed by atoms with van der Waals surface area (Å²) in [6, 6.07) is 0. The highest BCUT2D eigenvalue weighted by Crippen LogP contribution is 2.36. The highest BCUT2D eigenvalue weighted by atomic mass is 16.5. The monoisotopic (exact) mass is 186 g/mol. The van der Waals surface area contributed by atoms with Crippen molar-refractivity contribution in [1.82, 2.24) is 0 Å². The standard InChI is InChI=1S/C10H18O3/c1-9(7-11)10(8-12)3-2-5-13-6-4-10/h8-9,11H,2-7H2,1H3. The van der Waals surface area contributed by atoms with Gasteiger partial charge in [0, 0.05) is 25.2 Å². The Morgan fingerprint density at radius 2 is 2.31 bits per heavy atom. The summed E-state index contributed by atoms with van der Waals surface area (Å²) in [7, 11) is 0. The summed E-state index contributed by atoms with van der Waals surface area (Å²) in [6.07, 6.45) is 3.53. The van der Waals surface area contributed by atoms with Gasteiger partial charge in [-0.05, 0) is 25.2 Å². The van der Waals surface area contributed by atoms with Crippen LogP contribution in [0.5, 0.6) is 0 Å². The second-order valence-corrected chi connectivity index (χ2v) is 3.90. The van der Waals surface area contributed by atoms with E-state index in [-0.39, 0.29) is 17.9 Å². The van der Waals surface area contributed by atoms with Crippen LogP contribution in [0.3, 0.4) is 0 Å². The lowest BCUT2D eigenvalue weighted by Crippen LogP contribution is -2.33. The van der Waals surface area contributed by atoms with Gasteiger partial charge in [0.1, 0.15) is 6.29 Å². The molecule has 0 spiro atoms. The molecule has 1 N–H and O–H groups in total. The number of hydrogen-bond donors (Lipinski definition) is 1. The number of hydrogen-bond acceptors (Lipinski definition) is 3. The molecule has 0 radical (unpaired) electrons. The summed E-state index contributed by atoms with van der Waals surface area (Å²) >= 11 is 0. The van der Waals surface area contributed by atoms with Crippen LogP contribution in [0.2, 0.25) is 0 Å². The predicted molar refractivity (Wildman–Crippen MR) is 49.4 cm³/mol. The lowest BCUT2D eigenvalue weighted by atomic mass is 9.72. The smallest absolute Gasteiger partial charge is 0.126 e. The lowest BCUT2D eigenvalue weighted by Gasteiger charge is -2.31.